The fourth-order valence-electron chi connectivity index (χ4n) is 2.35. The van der Waals surface area contributed by atoms with E-state index in [1.807, 2.05) is 6.07 Å². The highest BCUT2D eigenvalue weighted by atomic mass is 79.9. The number of hydrazone groups is 1. The number of rotatable bonds is 8. The van der Waals surface area contributed by atoms with Gasteiger partial charge in [-0.25, -0.2) is 10.4 Å². The van der Waals surface area contributed by atoms with Gasteiger partial charge in [-0.1, -0.05) is 23.2 Å². The molecule has 0 fully saturated rings. The van der Waals surface area contributed by atoms with E-state index >= 15 is 0 Å². The van der Waals surface area contributed by atoms with E-state index in [1.54, 1.807) is 6.92 Å². The molecule has 1 N–H and O–H groups in total. The van der Waals surface area contributed by atoms with Crippen LogP contribution in [-0.2, 0) is 16.1 Å². The normalized spacial score (nSPS) is 10.7. The highest BCUT2D eigenvalue weighted by Gasteiger charge is 2.19. The summed E-state index contributed by atoms with van der Waals surface area (Å²) in [6.07, 6.45) is 1.13. The summed E-state index contributed by atoms with van der Waals surface area (Å²) in [5.74, 6) is -0.680. The first-order valence-electron chi connectivity index (χ1n) is 8.35. The van der Waals surface area contributed by atoms with Gasteiger partial charge in [-0.2, -0.15) is 10.4 Å². The highest BCUT2D eigenvalue weighted by Crippen LogP contribution is 2.31. The van der Waals surface area contributed by atoms with Crippen LogP contribution in [0.1, 0.15) is 22.4 Å². The minimum absolute atomic E-state index is 0.0225. The van der Waals surface area contributed by atoms with Crippen LogP contribution in [0.3, 0.4) is 0 Å². The zero-order valence-corrected chi connectivity index (χ0v) is 19.2. The number of ether oxygens (including phenoxy) is 2. The third kappa shape index (κ3) is 6.11. The molecule has 0 aliphatic rings. The summed E-state index contributed by atoms with van der Waals surface area (Å²) in [5, 5.41) is 24.1. The Bertz CT molecular complexity index is 1100. The Kier molecular flexibility index (Phi) is 8.70. The van der Waals surface area contributed by atoms with E-state index in [1.165, 1.54) is 13.2 Å². The summed E-state index contributed by atoms with van der Waals surface area (Å²) in [5.41, 5.74) is 3.26. The van der Waals surface area contributed by atoms with Crippen LogP contribution in [0.5, 0.6) is 5.88 Å². The molecule has 1 aromatic carbocycles. The molecule has 0 spiro atoms. The fourth-order valence-corrected chi connectivity index (χ4v) is 3.25. The van der Waals surface area contributed by atoms with Crippen molar-refractivity contribution in [3.63, 3.8) is 0 Å². The molecule has 0 unspecified atom stereocenters. The summed E-state index contributed by atoms with van der Waals surface area (Å²) in [4.78, 5) is 26.5. The molecule has 2 rings (SSSR count). The molecule has 0 atom stereocenters. The van der Waals surface area contributed by atoms with Gasteiger partial charge in [0.15, 0.2) is 6.61 Å². The number of methoxy groups -OCH3 is 1. The van der Waals surface area contributed by atoms with Crippen molar-refractivity contribution in [1.29, 1.82) is 5.26 Å². The lowest BCUT2D eigenvalue weighted by Crippen LogP contribution is -2.25. The van der Waals surface area contributed by atoms with E-state index in [0.29, 0.717) is 15.7 Å². The van der Waals surface area contributed by atoms with Crippen LogP contribution in [0.2, 0.25) is 10.0 Å². The zero-order valence-electron chi connectivity index (χ0n) is 16.1. The molecule has 1 amide bonds. The lowest BCUT2D eigenvalue weighted by Gasteiger charge is -2.13. The summed E-state index contributed by atoms with van der Waals surface area (Å²) < 4.78 is 11.1. The van der Waals surface area contributed by atoms with Crippen molar-refractivity contribution < 1.29 is 19.2 Å². The largest absolute Gasteiger partial charge is 0.467 e. The van der Waals surface area contributed by atoms with Gasteiger partial charge in [0.2, 0.25) is 5.88 Å². The number of nitro benzene ring substituents is 1. The maximum Gasteiger partial charge on any atom is 0.288 e. The lowest BCUT2D eigenvalue weighted by molar-refractivity contribution is -0.384. The Morgan fingerprint density at radius 3 is 2.77 bits per heavy atom. The van der Waals surface area contributed by atoms with Crippen molar-refractivity contribution in [2.75, 3.05) is 13.7 Å². The lowest BCUT2D eigenvalue weighted by atomic mass is 10.1. The average molecular weight is 531 g/mol. The number of aryl methyl sites for hydroxylation is 1. The number of nitro groups is 1. The Labute approximate surface area is 195 Å². The number of halogens is 3. The van der Waals surface area contributed by atoms with Crippen LogP contribution in [0.15, 0.2) is 21.7 Å². The van der Waals surface area contributed by atoms with Crippen molar-refractivity contribution in [2.24, 2.45) is 5.10 Å². The number of nitriles is 1. The first-order valence-corrected chi connectivity index (χ1v) is 9.90. The number of pyridine rings is 1. The number of aromatic nitrogens is 1. The first-order chi connectivity index (χ1) is 14.7. The van der Waals surface area contributed by atoms with Crippen LogP contribution in [-0.4, -0.2) is 35.7 Å². The Morgan fingerprint density at radius 1 is 1.45 bits per heavy atom. The van der Waals surface area contributed by atoms with Crippen LogP contribution in [0.4, 0.5) is 5.69 Å². The molecule has 0 bridgehead atoms. The number of hydrogen-bond donors (Lipinski definition) is 1. The Hall–Kier alpha value is -2.78. The molecule has 10 nitrogen and oxygen atoms in total. The van der Waals surface area contributed by atoms with Gasteiger partial charge in [0.25, 0.3) is 11.6 Å². The molecular weight excluding hydrogens is 517 g/mol. The van der Waals surface area contributed by atoms with E-state index in [-0.39, 0.29) is 39.3 Å². The van der Waals surface area contributed by atoms with Gasteiger partial charge in [-0.3, -0.25) is 14.9 Å². The molecule has 31 heavy (non-hydrogen) atoms. The Balaban J connectivity index is 2.09. The molecule has 1 heterocycles. The SMILES string of the molecule is COCc1c(Br)c(C)nc(OCC(=O)N/N=C/c2cc([N+](=O)[O-])c(Cl)cc2Cl)c1C#N. The number of nitrogens with zero attached hydrogens (tertiary/aromatic N) is 4. The quantitative estimate of drug-likeness (QED) is 0.310. The van der Waals surface area contributed by atoms with Gasteiger partial charge in [0.05, 0.1) is 28.5 Å². The third-order valence-corrected chi connectivity index (χ3v) is 5.45. The summed E-state index contributed by atoms with van der Waals surface area (Å²) in [6, 6.07) is 4.32. The van der Waals surface area contributed by atoms with Crippen LogP contribution < -0.4 is 10.2 Å². The monoisotopic (exact) mass is 529 g/mol. The van der Waals surface area contributed by atoms with Gasteiger partial charge < -0.3 is 9.47 Å². The Morgan fingerprint density at radius 2 is 2.16 bits per heavy atom. The fraction of sp³-hybridized carbons (Fsp3) is 0.222. The first kappa shape index (κ1) is 24.5. The minimum atomic E-state index is -0.666. The number of carbonyl (C=O) groups excluding carboxylic acids is 1. The van der Waals surface area contributed by atoms with Crippen LogP contribution in [0, 0.1) is 28.4 Å². The number of nitrogens with one attached hydrogen (secondary N) is 1. The topological polar surface area (TPSA) is 140 Å². The molecule has 0 aliphatic carbocycles. The smallest absolute Gasteiger partial charge is 0.288 e. The summed E-state index contributed by atoms with van der Waals surface area (Å²) in [6.45, 7) is 1.37. The van der Waals surface area contributed by atoms with Gasteiger partial charge >= 0.3 is 0 Å². The van der Waals surface area contributed by atoms with Gasteiger partial charge in [-0.15, -0.1) is 0 Å². The van der Waals surface area contributed by atoms with Crippen molar-refractivity contribution in [2.45, 2.75) is 13.5 Å². The van der Waals surface area contributed by atoms with Crippen LogP contribution >= 0.6 is 39.1 Å². The zero-order chi connectivity index (χ0) is 23.1. The van der Waals surface area contributed by atoms with Crippen molar-refractivity contribution in [1.82, 2.24) is 10.4 Å². The highest BCUT2D eigenvalue weighted by molar-refractivity contribution is 9.10. The third-order valence-electron chi connectivity index (χ3n) is 3.76. The second kappa shape index (κ2) is 11.0. The molecule has 0 saturated carbocycles. The van der Waals surface area contributed by atoms with E-state index in [9.17, 15) is 20.2 Å². The van der Waals surface area contributed by atoms with Crippen molar-refractivity contribution in [3.8, 4) is 11.9 Å². The molecule has 162 valence electrons. The number of carbonyl (C=O) groups is 1. The van der Waals surface area contributed by atoms with Crippen molar-refractivity contribution in [3.05, 3.63) is 59.1 Å². The molecule has 1 aromatic heterocycles. The number of amides is 1. The molecule has 0 saturated heterocycles. The molecule has 2 aromatic rings. The van der Waals surface area contributed by atoms with Crippen molar-refractivity contribution >= 4 is 56.9 Å². The molecule has 0 aliphatic heterocycles. The van der Waals surface area contributed by atoms with E-state index in [2.05, 4.69) is 31.4 Å². The van der Waals surface area contributed by atoms with Crippen LogP contribution in [0.25, 0.3) is 0 Å². The molecule has 0 radical (unpaired) electrons. The number of benzene rings is 1. The average Bonchev–Trinajstić information content (AvgIpc) is 2.71. The standard InChI is InChI=1S/C18H14BrCl2N5O5/c1-9-17(19)12(7-30-2)11(5-22)18(24-9)31-8-16(27)25-23-6-10-3-15(26(28)29)14(21)4-13(10)20/h3-4,6H,7-8H2,1-2H3,(H,25,27)/b23-6+. The van der Waals surface area contributed by atoms with Gasteiger partial charge in [-0.05, 0) is 28.9 Å². The predicted molar refractivity (Wildman–Crippen MR) is 116 cm³/mol. The maximum atomic E-state index is 12.0. The predicted octanol–water partition coefficient (Wildman–Crippen LogP) is 3.91. The second-order valence-electron chi connectivity index (χ2n) is 5.88. The molecular formula is C18H14BrCl2N5O5. The minimum Gasteiger partial charge on any atom is -0.467 e. The van der Waals surface area contributed by atoms with Gasteiger partial charge in [0.1, 0.15) is 16.7 Å². The summed E-state index contributed by atoms with van der Waals surface area (Å²) in [7, 11) is 1.48. The van der Waals surface area contributed by atoms with E-state index < -0.39 is 17.4 Å². The number of hydrogen-bond acceptors (Lipinski definition) is 8. The summed E-state index contributed by atoms with van der Waals surface area (Å²) >= 11 is 15.1. The van der Waals surface area contributed by atoms with E-state index in [4.69, 9.17) is 32.7 Å². The molecule has 13 heteroatoms. The van der Waals surface area contributed by atoms with Gasteiger partial charge in [0, 0.05) is 28.8 Å². The maximum absolute atomic E-state index is 12.0. The second-order valence-corrected chi connectivity index (χ2v) is 7.49. The van der Waals surface area contributed by atoms with E-state index in [0.717, 1.165) is 12.3 Å².